The van der Waals surface area contributed by atoms with E-state index in [1.165, 1.54) is 0 Å². The predicted octanol–water partition coefficient (Wildman–Crippen LogP) is 3.68. The summed E-state index contributed by atoms with van der Waals surface area (Å²) in [6.45, 7) is 5.05. The van der Waals surface area contributed by atoms with E-state index in [9.17, 15) is 14.0 Å². The van der Waals surface area contributed by atoms with Crippen LogP contribution in [0.3, 0.4) is 0 Å². The number of fused-ring (bicyclic) bond motifs is 1. The van der Waals surface area contributed by atoms with Gasteiger partial charge in [0.05, 0.1) is 5.69 Å². The third-order valence-electron chi connectivity index (χ3n) is 4.26. The van der Waals surface area contributed by atoms with Crippen molar-refractivity contribution in [1.82, 2.24) is 10.6 Å². The van der Waals surface area contributed by atoms with Gasteiger partial charge in [-0.05, 0) is 62.2 Å². The molecule has 0 saturated heterocycles. The first-order chi connectivity index (χ1) is 12.9. The third kappa shape index (κ3) is 5.21. The van der Waals surface area contributed by atoms with Gasteiger partial charge in [0, 0.05) is 23.8 Å². The Morgan fingerprint density at radius 3 is 2.68 bits per heavy atom. The van der Waals surface area contributed by atoms with E-state index in [4.69, 9.17) is 0 Å². The van der Waals surface area contributed by atoms with Crippen molar-refractivity contribution in [2.45, 2.75) is 32.9 Å². The minimum absolute atomic E-state index is 0. The number of amides is 3. The molecule has 8 heteroatoms. The summed E-state index contributed by atoms with van der Waals surface area (Å²) < 4.78 is 14.7. The molecule has 0 bridgehead atoms. The Bertz CT molecular complexity index is 873. The summed E-state index contributed by atoms with van der Waals surface area (Å²) in [6.07, 6.45) is 0.593. The summed E-state index contributed by atoms with van der Waals surface area (Å²) >= 11 is 0. The number of halogens is 2. The van der Waals surface area contributed by atoms with E-state index in [-0.39, 0.29) is 36.0 Å². The van der Waals surface area contributed by atoms with E-state index in [1.807, 2.05) is 19.9 Å². The molecule has 2 aromatic carbocycles. The molecule has 1 aliphatic heterocycles. The molecule has 3 amide bonds. The van der Waals surface area contributed by atoms with E-state index in [0.29, 0.717) is 36.3 Å². The van der Waals surface area contributed by atoms with Gasteiger partial charge in [-0.3, -0.25) is 4.79 Å². The number of hydrogen-bond acceptors (Lipinski definition) is 3. The van der Waals surface area contributed by atoms with Crippen LogP contribution in [0.1, 0.15) is 35.3 Å². The van der Waals surface area contributed by atoms with Gasteiger partial charge >= 0.3 is 6.03 Å². The number of rotatable bonds is 4. The van der Waals surface area contributed by atoms with Gasteiger partial charge in [-0.15, -0.1) is 12.4 Å². The molecule has 0 unspecified atom stereocenters. The minimum atomic E-state index is -0.435. The second kappa shape index (κ2) is 9.52. The lowest BCUT2D eigenvalue weighted by atomic mass is 9.99. The molecule has 0 atom stereocenters. The van der Waals surface area contributed by atoms with E-state index in [1.54, 1.807) is 30.3 Å². The molecule has 0 spiro atoms. The highest BCUT2D eigenvalue weighted by molar-refractivity contribution is 6.05. The van der Waals surface area contributed by atoms with Crippen molar-refractivity contribution in [2.75, 3.05) is 17.2 Å². The van der Waals surface area contributed by atoms with Crippen molar-refractivity contribution in [3.8, 4) is 0 Å². The van der Waals surface area contributed by atoms with Crippen molar-refractivity contribution in [1.29, 1.82) is 0 Å². The van der Waals surface area contributed by atoms with Crippen LogP contribution < -0.4 is 21.3 Å². The number of hydrogen-bond donors (Lipinski definition) is 4. The lowest BCUT2D eigenvalue weighted by molar-refractivity contribution is 0.102. The first-order valence-electron chi connectivity index (χ1n) is 8.94. The Morgan fingerprint density at radius 2 is 1.93 bits per heavy atom. The van der Waals surface area contributed by atoms with Crippen molar-refractivity contribution in [3.63, 3.8) is 0 Å². The number of anilines is 2. The highest BCUT2D eigenvalue weighted by Gasteiger charge is 2.18. The van der Waals surface area contributed by atoms with Crippen LogP contribution in [0.15, 0.2) is 36.4 Å². The van der Waals surface area contributed by atoms with Crippen LogP contribution in [0.2, 0.25) is 0 Å². The normalized spacial score (nSPS) is 12.6. The highest BCUT2D eigenvalue weighted by atomic mass is 35.5. The second-order valence-electron chi connectivity index (χ2n) is 6.78. The zero-order chi connectivity index (χ0) is 19.4. The van der Waals surface area contributed by atoms with Crippen LogP contribution in [0, 0.1) is 5.82 Å². The molecule has 1 aliphatic rings. The monoisotopic (exact) mass is 406 g/mol. The topological polar surface area (TPSA) is 82.3 Å². The number of nitrogens with one attached hydrogen (secondary N) is 4. The van der Waals surface area contributed by atoms with Gasteiger partial charge in [-0.25, -0.2) is 9.18 Å². The molecular formula is C20H24ClFN4O2. The fraction of sp³-hybridized carbons (Fsp3) is 0.300. The maximum absolute atomic E-state index is 14.7. The number of benzene rings is 2. The third-order valence-corrected chi connectivity index (χ3v) is 4.26. The SMILES string of the molecule is CC(C)NC(=O)Nc1cccc(C(=O)Nc2ccc3c(c2F)CCNC3)c1.Cl. The second-order valence-corrected chi connectivity index (χ2v) is 6.78. The van der Waals surface area contributed by atoms with E-state index >= 15 is 0 Å². The average Bonchev–Trinajstić information content (AvgIpc) is 2.63. The summed E-state index contributed by atoms with van der Waals surface area (Å²) in [7, 11) is 0. The maximum Gasteiger partial charge on any atom is 0.319 e. The summed E-state index contributed by atoms with van der Waals surface area (Å²) in [5.41, 5.74) is 2.54. The fourth-order valence-corrected chi connectivity index (χ4v) is 2.99. The number of carbonyl (C=O) groups excluding carboxylic acids is 2. The molecule has 3 rings (SSSR count). The van der Waals surface area contributed by atoms with Crippen LogP contribution in [-0.2, 0) is 13.0 Å². The number of carbonyl (C=O) groups is 2. The van der Waals surface area contributed by atoms with Gasteiger partial charge in [-0.1, -0.05) is 12.1 Å². The molecule has 6 nitrogen and oxygen atoms in total. The average molecular weight is 407 g/mol. The fourth-order valence-electron chi connectivity index (χ4n) is 2.99. The lowest BCUT2D eigenvalue weighted by Gasteiger charge is -2.19. The van der Waals surface area contributed by atoms with Crippen molar-refractivity contribution in [2.24, 2.45) is 0 Å². The maximum atomic E-state index is 14.7. The van der Waals surface area contributed by atoms with Gasteiger partial charge in [-0.2, -0.15) is 0 Å². The van der Waals surface area contributed by atoms with Crippen LogP contribution in [0.4, 0.5) is 20.6 Å². The Kier molecular flexibility index (Phi) is 7.37. The Hall–Kier alpha value is -2.64. The van der Waals surface area contributed by atoms with Crippen molar-refractivity contribution >= 4 is 35.7 Å². The van der Waals surface area contributed by atoms with Gasteiger partial charge in [0.15, 0.2) is 0 Å². The Morgan fingerprint density at radius 1 is 1.14 bits per heavy atom. The summed E-state index contributed by atoms with van der Waals surface area (Å²) in [5, 5.41) is 11.2. The Balaban J connectivity index is 0.00000280. The van der Waals surface area contributed by atoms with Gasteiger partial charge in [0.2, 0.25) is 0 Å². The largest absolute Gasteiger partial charge is 0.336 e. The standard InChI is InChI=1S/C20H23FN4O2.ClH/c1-12(2)23-20(27)24-15-5-3-4-13(10-15)19(26)25-17-7-6-14-11-22-9-8-16(14)18(17)21;/h3-7,10,12,22H,8-9,11H2,1-2H3,(H,25,26)(H2,23,24,27);1H. The predicted molar refractivity (Wildman–Crippen MR) is 111 cm³/mol. The van der Waals surface area contributed by atoms with Gasteiger partial charge in [0.1, 0.15) is 5.82 Å². The Labute approximate surface area is 169 Å². The molecule has 0 fully saturated rings. The zero-order valence-corrected chi connectivity index (χ0v) is 16.6. The van der Waals surface area contributed by atoms with E-state index in [2.05, 4.69) is 21.3 Å². The smallest absolute Gasteiger partial charge is 0.319 e. The summed E-state index contributed by atoms with van der Waals surface area (Å²) in [4.78, 5) is 24.3. The lowest BCUT2D eigenvalue weighted by Crippen LogP contribution is -2.34. The zero-order valence-electron chi connectivity index (χ0n) is 15.8. The van der Waals surface area contributed by atoms with Crippen molar-refractivity contribution in [3.05, 3.63) is 58.9 Å². The molecule has 150 valence electrons. The number of urea groups is 1. The van der Waals surface area contributed by atoms with Crippen LogP contribution in [0.5, 0.6) is 0 Å². The van der Waals surface area contributed by atoms with Crippen LogP contribution in [0.25, 0.3) is 0 Å². The molecule has 2 aromatic rings. The van der Waals surface area contributed by atoms with Gasteiger partial charge < -0.3 is 21.3 Å². The molecule has 1 heterocycles. The molecule has 4 N–H and O–H groups in total. The van der Waals surface area contributed by atoms with Crippen LogP contribution >= 0.6 is 12.4 Å². The molecular weight excluding hydrogens is 383 g/mol. The molecule has 0 radical (unpaired) electrons. The first-order valence-corrected chi connectivity index (χ1v) is 8.94. The molecule has 0 aromatic heterocycles. The van der Waals surface area contributed by atoms with Gasteiger partial charge in [0.25, 0.3) is 5.91 Å². The van der Waals surface area contributed by atoms with Crippen LogP contribution in [-0.4, -0.2) is 24.5 Å². The molecule has 0 saturated carbocycles. The summed E-state index contributed by atoms with van der Waals surface area (Å²) in [5.74, 6) is -0.816. The van der Waals surface area contributed by atoms with E-state index in [0.717, 1.165) is 5.56 Å². The summed E-state index contributed by atoms with van der Waals surface area (Å²) in [6, 6.07) is 9.57. The van der Waals surface area contributed by atoms with E-state index < -0.39 is 5.91 Å². The highest BCUT2D eigenvalue weighted by Crippen LogP contribution is 2.25. The first kappa shape index (κ1) is 21.7. The minimum Gasteiger partial charge on any atom is -0.336 e. The quantitative estimate of drug-likeness (QED) is 0.625. The van der Waals surface area contributed by atoms with Crippen molar-refractivity contribution < 1.29 is 14.0 Å². The molecule has 28 heavy (non-hydrogen) atoms. The molecule has 0 aliphatic carbocycles.